The van der Waals surface area contributed by atoms with Crippen molar-refractivity contribution < 1.29 is 13.7 Å². The maximum absolute atomic E-state index is 12.3. The Morgan fingerprint density at radius 2 is 1.72 bits per heavy atom. The van der Waals surface area contributed by atoms with Gasteiger partial charge in [-0.15, -0.1) is 0 Å². The number of likely N-dealkylation sites (tertiary alicyclic amines) is 1. The second-order valence-electron chi connectivity index (χ2n) is 6.61. The zero-order valence-corrected chi connectivity index (χ0v) is 12.0. The Kier molecular flexibility index (Phi) is 4.05. The van der Waals surface area contributed by atoms with Gasteiger partial charge < -0.3 is 14.2 Å². The highest BCUT2D eigenvalue weighted by Gasteiger charge is 2.50. The second kappa shape index (κ2) is 5.10. The summed E-state index contributed by atoms with van der Waals surface area (Å²) in [6.45, 7) is 11.0. The molecule has 0 atom stereocenters. The van der Waals surface area contributed by atoms with Gasteiger partial charge in [0, 0.05) is 19.0 Å². The SMILES string of the molecule is CC1(C)OB(CCCN2CC(CF)C2)OC1(C)C. The normalized spacial score (nSPS) is 27.5. The van der Waals surface area contributed by atoms with Crippen molar-refractivity contribution in [2.75, 3.05) is 26.3 Å². The van der Waals surface area contributed by atoms with Gasteiger partial charge in [-0.3, -0.25) is 4.39 Å². The molecule has 2 rings (SSSR count). The minimum absolute atomic E-state index is 0.0896. The van der Waals surface area contributed by atoms with Gasteiger partial charge in [0.1, 0.15) is 0 Å². The number of nitrogens with zero attached hydrogens (tertiary/aromatic N) is 1. The van der Waals surface area contributed by atoms with E-state index in [1.54, 1.807) is 0 Å². The van der Waals surface area contributed by atoms with Crippen LogP contribution in [0.4, 0.5) is 4.39 Å². The Labute approximate surface area is 110 Å². The van der Waals surface area contributed by atoms with Crippen LogP contribution in [-0.4, -0.2) is 49.5 Å². The fourth-order valence-corrected chi connectivity index (χ4v) is 2.52. The van der Waals surface area contributed by atoms with Crippen molar-refractivity contribution in [1.82, 2.24) is 4.90 Å². The summed E-state index contributed by atoms with van der Waals surface area (Å²) in [6, 6.07) is 0. The van der Waals surface area contributed by atoms with Gasteiger partial charge in [0.15, 0.2) is 0 Å². The van der Waals surface area contributed by atoms with Gasteiger partial charge in [-0.25, -0.2) is 0 Å². The molecular formula is C13H25BFNO2. The van der Waals surface area contributed by atoms with Crippen molar-refractivity contribution in [2.24, 2.45) is 5.92 Å². The number of hydrogen-bond acceptors (Lipinski definition) is 3. The second-order valence-corrected chi connectivity index (χ2v) is 6.61. The number of halogens is 1. The van der Waals surface area contributed by atoms with E-state index in [1.165, 1.54) is 0 Å². The van der Waals surface area contributed by atoms with E-state index in [9.17, 15) is 4.39 Å². The third-order valence-corrected chi connectivity index (χ3v) is 4.47. The molecule has 0 N–H and O–H groups in total. The van der Waals surface area contributed by atoms with Crippen LogP contribution in [0.15, 0.2) is 0 Å². The Balaban J connectivity index is 1.64. The van der Waals surface area contributed by atoms with E-state index >= 15 is 0 Å². The molecule has 2 fully saturated rings. The minimum Gasteiger partial charge on any atom is -0.403 e. The van der Waals surface area contributed by atoms with Crippen molar-refractivity contribution in [3.63, 3.8) is 0 Å². The van der Waals surface area contributed by atoms with Crippen LogP contribution in [0.3, 0.4) is 0 Å². The molecule has 0 aromatic rings. The number of hydrogen-bond donors (Lipinski definition) is 0. The lowest BCUT2D eigenvalue weighted by Gasteiger charge is -2.37. The smallest absolute Gasteiger partial charge is 0.403 e. The van der Waals surface area contributed by atoms with Gasteiger partial charge in [0.05, 0.1) is 17.9 Å². The highest BCUT2D eigenvalue weighted by molar-refractivity contribution is 6.45. The van der Waals surface area contributed by atoms with Crippen LogP contribution in [0.25, 0.3) is 0 Å². The van der Waals surface area contributed by atoms with Crippen molar-refractivity contribution in [3.8, 4) is 0 Å². The summed E-state index contributed by atoms with van der Waals surface area (Å²) in [5, 5.41) is 0. The van der Waals surface area contributed by atoms with Crippen LogP contribution in [0.2, 0.25) is 6.32 Å². The first-order chi connectivity index (χ1) is 8.34. The van der Waals surface area contributed by atoms with Crippen LogP contribution in [-0.2, 0) is 9.31 Å². The molecule has 0 amide bonds. The third-order valence-electron chi connectivity index (χ3n) is 4.47. The third kappa shape index (κ3) is 2.89. The summed E-state index contributed by atoms with van der Waals surface area (Å²) in [4.78, 5) is 2.30. The van der Waals surface area contributed by atoms with E-state index in [0.29, 0.717) is 0 Å². The van der Waals surface area contributed by atoms with Crippen molar-refractivity contribution in [3.05, 3.63) is 0 Å². The summed E-state index contributed by atoms with van der Waals surface area (Å²) in [5.41, 5.74) is -0.457. The fraction of sp³-hybridized carbons (Fsp3) is 1.00. The molecule has 0 aromatic heterocycles. The highest BCUT2D eigenvalue weighted by Crippen LogP contribution is 2.38. The van der Waals surface area contributed by atoms with Crippen LogP contribution in [0.1, 0.15) is 34.1 Å². The fourth-order valence-electron chi connectivity index (χ4n) is 2.52. The molecule has 2 aliphatic rings. The van der Waals surface area contributed by atoms with Gasteiger partial charge in [-0.05, 0) is 47.0 Å². The molecule has 2 aliphatic heterocycles. The lowest BCUT2D eigenvalue weighted by molar-refractivity contribution is 0.00578. The first-order valence-electron chi connectivity index (χ1n) is 6.98. The van der Waals surface area contributed by atoms with Gasteiger partial charge >= 0.3 is 7.12 Å². The standard InChI is InChI=1S/C13H25BFNO2/c1-12(2)13(3,4)18-14(17-12)6-5-7-16-9-11(8-15)10-16/h11H,5-10H2,1-4H3. The minimum atomic E-state index is -0.228. The van der Waals surface area contributed by atoms with Crippen molar-refractivity contribution >= 4 is 7.12 Å². The van der Waals surface area contributed by atoms with Crippen LogP contribution >= 0.6 is 0 Å². The molecule has 0 bridgehead atoms. The summed E-state index contributed by atoms with van der Waals surface area (Å²) in [7, 11) is -0.0896. The molecule has 0 spiro atoms. The van der Waals surface area contributed by atoms with E-state index < -0.39 is 0 Å². The maximum Gasteiger partial charge on any atom is 0.457 e. The van der Waals surface area contributed by atoms with Gasteiger partial charge in [-0.1, -0.05) is 0 Å². The average molecular weight is 257 g/mol. The molecule has 18 heavy (non-hydrogen) atoms. The lowest BCUT2D eigenvalue weighted by atomic mass is 9.83. The van der Waals surface area contributed by atoms with E-state index in [2.05, 4.69) is 32.6 Å². The zero-order chi connectivity index (χ0) is 13.4. The summed E-state index contributed by atoms with van der Waals surface area (Å²) >= 11 is 0. The van der Waals surface area contributed by atoms with Crippen molar-refractivity contribution in [1.29, 1.82) is 0 Å². The number of rotatable bonds is 5. The maximum atomic E-state index is 12.3. The molecule has 0 unspecified atom stereocenters. The van der Waals surface area contributed by atoms with Crippen LogP contribution in [0.5, 0.6) is 0 Å². The molecular weight excluding hydrogens is 232 g/mol. The Morgan fingerprint density at radius 3 is 2.22 bits per heavy atom. The largest absolute Gasteiger partial charge is 0.457 e. The Hall–Kier alpha value is -0.125. The van der Waals surface area contributed by atoms with E-state index in [-0.39, 0.29) is 30.9 Å². The van der Waals surface area contributed by atoms with E-state index in [4.69, 9.17) is 9.31 Å². The molecule has 2 heterocycles. The van der Waals surface area contributed by atoms with Gasteiger partial charge in [0.2, 0.25) is 0 Å². The summed E-state index contributed by atoms with van der Waals surface area (Å²) in [5.74, 6) is 0.279. The summed E-state index contributed by atoms with van der Waals surface area (Å²) in [6.07, 6.45) is 1.97. The van der Waals surface area contributed by atoms with Crippen LogP contribution < -0.4 is 0 Å². The zero-order valence-electron chi connectivity index (χ0n) is 12.0. The monoisotopic (exact) mass is 257 g/mol. The van der Waals surface area contributed by atoms with E-state index in [1.807, 2.05) is 0 Å². The first kappa shape index (κ1) is 14.3. The van der Waals surface area contributed by atoms with Crippen molar-refractivity contribution in [2.45, 2.75) is 51.6 Å². The number of alkyl halides is 1. The molecule has 2 saturated heterocycles. The molecule has 0 aromatic carbocycles. The molecule has 3 nitrogen and oxygen atoms in total. The van der Waals surface area contributed by atoms with Crippen LogP contribution in [0, 0.1) is 5.92 Å². The molecule has 5 heteroatoms. The summed E-state index contributed by atoms with van der Waals surface area (Å²) < 4.78 is 24.2. The predicted octanol–water partition coefficient (Wildman–Crippen LogP) is 2.37. The Bertz CT molecular complexity index is 277. The molecule has 104 valence electrons. The Morgan fingerprint density at radius 1 is 1.17 bits per heavy atom. The quantitative estimate of drug-likeness (QED) is 0.706. The first-order valence-corrected chi connectivity index (χ1v) is 6.98. The lowest BCUT2D eigenvalue weighted by Crippen LogP contribution is -2.48. The van der Waals surface area contributed by atoms with Gasteiger partial charge in [0.25, 0.3) is 0 Å². The van der Waals surface area contributed by atoms with E-state index in [0.717, 1.165) is 32.4 Å². The average Bonchev–Trinajstić information content (AvgIpc) is 2.39. The highest BCUT2D eigenvalue weighted by atomic mass is 19.1. The van der Waals surface area contributed by atoms with Gasteiger partial charge in [-0.2, -0.15) is 0 Å². The molecule has 0 aliphatic carbocycles. The molecule has 0 saturated carbocycles. The predicted molar refractivity (Wildman–Crippen MR) is 71.4 cm³/mol. The molecule has 0 radical (unpaired) electrons. The topological polar surface area (TPSA) is 21.7 Å².